The number of nitrogens with one attached hydrogen (secondary N) is 1. The summed E-state index contributed by atoms with van der Waals surface area (Å²) in [5.74, 6) is 0. The van der Waals surface area contributed by atoms with Gasteiger partial charge in [0.15, 0.2) is 0 Å². The van der Waals surface area contributed by atoms with Crippen molar-refractivity contribution in [2.45, 2.75) is 51.2 Å². The van der Waals surface area contributed by atoms with Gasteiger partial charge in [0, 0.05) is 17.7 Å². The van der Waals surface area contributed by atoms with Crippen LogP contribution in [0.25, 0.3) is 0 Å². The van der Waals surface area contributed by atoms with Crippen LogP contribution in [0.1, 0.15) is 38.7 Å². The molecule has 106 valence electrons. The summed E-state index contributed by atoms with van der Waals surface area (Å²) in [6.45, 7) is 6.21. The molecular weight excluding hydrogens is 258 g/mol. The normalized spacial score (nSPS) is 25.2. The Morgan fingerprint density at radius 2 is 2.16 bits per heavy atom. The third-order valence-electron chi connectivity index (χ3n) is 4.07. The van der Waals surface area contributed by atoms with Crippen molar-refractivity contribution >= 4 is 11.6 Å². The number of halogens is 1. The molecule has 0 aliphatic carbocycles. The van der Waals surface area contributed by atoms with Crippen molar-refractivity contribution in [3.8, 4) is 0 Å². The minimum Gasteiger partial charge on any atom is -0.374 e. The summed E-state index contributed by atoms with van der Waals surface area (Å²) in [6, 6.07) is 8.42. The van der Waals surface area contributed by atoms with E-state index in [0.717, 1.165) is 31.0 Å². The van der Waals surface area contributed by atoms with Gasteiger partial charge in [0.05, 0.1) is 5.60 Å². The van der Waals surface area contributed by atoms with Crippen LogP contribution >= 0.6 is 11.6 Å². The monoisotopic (exact) mass is 281 g/mol. The lowest BCUT2D eigenvalue weighted by atomic mass is 9.84. The van der Waals surface area contributed by atoms with Gasteiger partial charge in [-0.25, -0.2) is 0 Å². The van der Waals surface area contributed by atoms with Crippen LogP contribution in [0.4, 0.5) is 0 Å². The fourth-order valence-corrected chi connectivity index (χ4v) is 3.08. The Morgan fingerprint density at radius 1 is 1.37 bits per heavy atom. The second-order valence-electron chi connectivity index (χ2n) is 5.52. The highest BCUT2D eigenvalue weighted by Crippen LogP contribution is 2.30. The summed E-state index contributed by atoms with van der Waals surface area (Å²) in [6.07, 6.45) is 4.47. The van der Waals surface area contributed by atoms with Gasteiger partial charge in [0.25, 0.3) is 0 Å². The van der Waals surface area contributed by atoms with Crippen molar-refractivity contribution in [2.24, 2.45) is 0 Å². The molecule has 0 aromatic heterocycles. The van der Waals surface area contributed by atoms with Crippen molar-refractivity contribution in [3.05, 3.63) is 34.9 Å². The molecular formula is C16H24ClNO. The maximum Gasteiger partial charge on any atom is 0.0810 e. The molecule has 0 bridgehead atoms. The Bertz CT molecular complexity index is 401. The fraction of sp³-hybridized carbons (Fsp3) is 0.625. The molecule has 1 saturated heterocycles. The summed E-state index contributed by atoms with van der Waals surface area (Å²) in [5.41, 5.74) is 1.12. The second kappa shape index (κ2) is 6.74. The molecule has 1 aliphatic rings. The fourth-order valence-electron chi connectivity index (χ4n) is 2.86. The van der Waals surface area contributed by atoms with Gasteiger partial charge in [0.1, 0.15) is 0 Å². The first-order valence-electron chi connectivity index (χ1n) is 7.26. The molecule has 0 radical (unpaired) electrons. The van der Waals surface area contributed by atoms with Crippen LogP contribution < -0.4 is 5.32 Å². The van der Waals surface area contributed by atoms with E-state index in [0.29, 0.717) is 6.04 Å². The van der Waals surface area contributed by atoms with Crippen molar-refractivity contribution in [2.75, 3.05) is 13.2 Å². The highest BCUT2D eigenvalue weighted by molar-refractivity contribution is 6.31. The van der Waals surface area contributed by atoms with Gasteiger partial charge in [-0.1, -0.05) is 36.7 Å². The van der Waals surface area contributed by atoms with E-state index in [1.54, 1.807) is 0 Å². The molecule has 1 fully saturated rings. The number of benzene rings is 1. The quantitative estimate of drug-likeness (QED) is 0.886. The van der Waals surface area contributed by atoms with Crippen molar-refractivity contribution < 1.29 is 4.74 Å². The first-order chi connectivity index (χ1) is 9.15. The zero-order valence-electron chi connectivity index (χ0n) is 11.9. The predicted molar refractivity (Wildman–Crippen MR) is 80.8 cm³/mol. The zero-order chi connectivity index (χ0) is 13.7. The van der Waals surface area contributed by atoms with Gasteiger partial charge in [-0.15, -0.1) is 0 Å². The first-order valence-corrected chi connectivity index (χ1v) is 7.64. The van der Waals surface area contributed by atoms with Crippen LogP contribution in [0.3, 0.4) is 0 Å². The molecule has 2 unspecified atom stereocenters. The SMILES string of the molecule is CCNC(Cc1ccccc1Cl)C1(C)CCCCO1. The van der Waals surface area contributed by atoms with Crippen LogP contribution in [0.2, 0.25) is 5.02 Å². The Labute approximate surface area is 121 Å². The van der Waals surface area contributed by atoms with Crippen molar-refractivity contribution in [3.63, 3.8) is 0 Å². The van der Waals surface area contributed by atoms with E-state index in [4.69, 9.17) is 16.3 Å². The number of likely N-dealkylation sites (N-methyl/N-ethyl adjacent to an activating group) is 1. The lowest BCUT2D eigenvalue weighted by Gasteiger charge is -2.41. The molecule has 3 heteroatoms. The molecule has 1 heterocycles. The molecule has 2 rings (SSSR count). The largest absolute Gasteiger partial charge is 0.374 e. The Kier molecular flexibility index (Phi) is 5.26. The Morgan fingerprint density at radius 3 is 2.79 bits per heavy atom. The van der Waals surface area contributed by atoms with E-state index < -0.39 is 0 Å². The summed E-state index contributed by atoms with van der Waals surface area (Å²) in [7, 11) is 0. The van der Waals surface area contributed by atoms with Crippen molar-refractivity contribution in [1.82, 2.24) is 5.32 Å². The van der Waals surface area contributed by atoms with Crippen LogP contribution in [0.5, 0.6) is 0 Å². The molecule has 1 aliphatic heterocycles. The number of hydrogen-bond acceptors (Lipinski definition) is 2. The molecule has 0 spiro atoms. The predicted octanol–water partition coefficient (Wildman–Crippen LogP) is 3.82. The highest BCUT2D eigenvalue weighted by atomic mass is 35.5. The van der Waals surface area contributed by atoms with Gasteiger partial charge in [0.2, 0.25) is 0 Å². The van der Waals surface area contributed by atoms with Crippen LogP contribution in [0, 0.1) is 0 Å². The van der Waals surface area contributed by atoms with E-state index in [9.17, 15) is 0 Å². The van der Waals surface area contributed by atoms with Crippen molar-refractivity contribution in [1.29, 1.82) is 0 Å². The van der Waals surface area contributed by atoms with Gasteiger partial charge in [-0.05, 0) is 50.8 Å². The van der Waals surface area contributed by atoms with Crippen LogP contribution in [0.15, 0.2) is 24.3 Å². The third kappa shape index (κ3) is 3.71. The third-order valence-corrected chi connectivity index (χ3v) is 4.44. The molecule has 0 saturated carbocycles. The summed E-state index contributed by atoms with van der Waals surface area (Å²) >= 11 is 6.28. The highest BCUT2D eigenvalue weighted by Gasteiger charge is 2.36. The zero-order valence-corrected chi connectivity index (χ0v) is 12.7. The molecule has 2 nitrogen and oxygen atoms in total. The summed E-state index contributed by atoms with van der Waals surface area (Å²) in [4.78, 5) is 0. The van der Waals surface area contributed by atoms with Gasteiger partial charge < -0.3 is 10.1 Å². The molecule has 19 heavy (non-hydrogen) atoms. The molecule has 1 N–H and O–H groups in total. The molecule has 0 amide bonds. The van der Waals surface area contributed by atoms with Gasteiger partial charge in [-0.2, -0.15) is 0 Å². The molecule has 1 aromatic carbocycles. The maximum atomic E-state index is 6.28. The number of hydrogen-bond donors (Lipinski definition) is 1. The van der Waals surface area contributed by atoms with E-state index in [1.807, 2.05) is 18.2 Å². The Balaban J connectivity index is 2.13. The first kappa shape index (κ1) is 14.8. The Hall–Kier alpha value is -0.570. The van der Waals surface area contributed by atoms with E-state index >= 15 is 0 Å². The number of ether oxygens (including phenoxy) is 1. The second-order valence-corrected chi connectivity index (χ2v) is 5.93. The van der Waals surface area contributed by atoms with Crippen LogP contribution in [-0.2, 0) is 11.2 Å². The maximum absolute atomic E-state index is 6.28. The van der Waals surface area contributed by atoms with Crippen LogP contribution in [-0.4, -0.2) is 24.8 Å². The lowest BCUT2D eigenvalue weighted by Crippen LogP contribution is -2.53. The molecule has 2 atom stereocenters. The molecule has 1 aromatic rings. The average molecular weight is 282 g/mol. The number of rotatable bonds is 5. The van der Waals surface area contributed by atoms with E-state index in [2.05, 4.69) is 25.2 Å². The topological polar surface area (TPSA) is 21.3 Å². The standard InChI is InChI=1S/C16H24ClNO/c1-3-18-15(16(2)10-6-7-11-19-16)12-13-8-4-5-9-14(13)17/h4-5,8-9,15,18H,3,6-7,10-12H2,1-2H3. The van der Waals surface area contributed by atoms with Gasteiger partial charge in [-0.3, -0.25) is 0 Å². The lowest BCUT2D eigenvalue weighted by molar-refractivity contribution is -0.0881. The van der Waals surface area contributed by atoms with E-state index in [-0.39, 0.29) is 5.60 Å². The smallest absolute Gasteiger partial charge is 0.0810 e. The summed E-state index contributed by atoms with van der Waals surface area (Å²) < 4.78 is 6.09. The minimum atomic E-state index is -0.0760. The minimum absolute atomic E-state index is 0.0760. The van der Waals surface area contributed by atoms with Gasteiger partial charge >= 0.3 is 0 Å². The van der Waals surface area contributed by atoms with E-state index in [1.165, 1.54) is 18.4 Å². The average Bonchev–Trinajstić information content (AvgIpc) is 2.41. The summed E-state index contributed by atoms with van der Waals surface area (Å²) in [5, 5.41) is 4.44.